The summed E-state index contributed by atoms with van der Waals surface area (Å²) in [5.74, 6) is 0.555. The van der Waals surface area contributed by atoms with Gasteiger partial charge >= 0.3 is 0 Å². The van der Waals surface area contributed by atoms with Gasteiger partial charge in [-0.1, -0.05) is 12.1 Å². The van der Waals surface area contributed by atoms with E-state index in [1.807, 2.05) is 23.7 Å². The van der Waals surface area contributed by atoms with Crippen LogP contribution in [0.1, 0.15) is 29.0 Å². The van der Waals surface area contributed by atoms with Crippen LogP contribution in [-0.4, -0.2) is 49.5 Å². The predicted molar refractivity (Wildman–Crippen MR) is 124 cm³/mol. The molecule has 0 unspecified atom stereocenters. The van der Waals surface area contributed by atoms with Crippen molar-refractivity contribution in [1.29, 1.82) is 0 Å². The first kappa shape index (κ1) is 21.2. The number of likely N-dealkylation sites (tertiary alicyclic amines) is 1. The number of hydrogen-bond acceptors (Lipinski definition) is 5. The molecule has 4 heterocycles. The summed E-state index contributed by atoms with van der Waals surface area (Å²) in [7, 11) is 2.00. The van der Waals surface area contributed by atoms with Crippen LogP contribution in [0.15, 0.2) is 60.9 Å². The first-order valence-electron chi connectivity index (χ1n) is 11.1. The number of aromatic nitrogens is 4. The third kappa shape index (κ3) is 4.61. The summed E-state index contributed by atoms with van der Waals surface area (Å²) in [5.41, 5.74) is 3.63. The minimum Gasteiger partial charge on any atom is -0.349 e. The quantitative estimate of drug-likeness (QED) is 0.509. The summed E-state index contributed by atoms with van der Waals surface area (Å²) < 4.78 is 15.5. The molecule has 0 bridgehead atoms. The second-order valence-electron chi connectivity index (χ2n) is 8.40. The van der Waals surface area contributed by atoms with Crippen molar-refractivity contribution < 1.29 is 9.18 Å². The number of piperidine rings is 1. The summed E-state index contributed by atoms with van der Waals surface area (Å²) in [6.07, 6.45) is 5.09. The zero-order chi connectivity index (χ0) is 22.8. The first-order chi connectivity index (χ1) is 16.1. The zero-order valence-corrected chi connectivity index (χ0v) is 18.4. The number of imidazole rings is 1. The molecular weight excluding hydrogens is 419 g/mol. The van der Waals surface area contributed by atoms with Gasteiger partial charge in [-0.25, -0.2) is 14.4 Å². The Kier molecular flexibility index (Phi) is 5.83. The van der Waals surface area contributed by atoms with E-state index in [0.717, 1.165) is 49.5 Å². The van der Waals surface area contributed by atoms with Gasteiger partial charge in [-0.05, 0) is 49.2 Å². The number of rotatable bonds is 5. The van der Waals surface area contributed by atoms with Crippen LogP contribution in [-0.2, 0) is 13.6 Å². The summed E-state index contributed by atoms with van der Waals surface area (Å²) in [4.78, 5) is 28.5. The summed E-state index contributed by atoms with van der Waals surface area (Å²) in [6.45, 7) is 2.54. The fraction of sp³-hybridized carbons (Fsp3) is 0.280. The number of pyridine rings is 2. The Hall–Kier alpha value is -3.65. The van der Waals surface area contributed by atoms with Crippen molar-refractivity contribution in [3.63, 3.8) is 0 Å². The molecule has 33 heavy (non-hydrogen) atoms. The molecule has 7 nitrogen and oxygen atoms in total. The molecule has 4 aromatic rings. The average molecular weight is 445 g/mol. The number of nitrogens with zero attached hydrogens (tertiary/aromatic N) is 5. The maximum atomic E-state index is 13.4. The molecule has 1 N–H and O–H groups in total. The van der Waals surface area contributed by atoms with Gasteiger partial charge in [-0.15, -0.1) is 0 Å². The van der Waals surface area contributed by atoms with Gasteiger partial charge in [0.1, 0.15) is 17.2 Å². The Morgan fingerprint density at radius 3 is 2.70 bits per heavy atom. The molecule has 168 valence electrons. The second-order valence-corrected chi connectivity index (χ2v) is 8.40. The number of aryl methyl sites for hydroxylation is 1. The molecule has 0 spiro atoms. The maximum Gasteiger partial charge on any atom is 0.253 e. The highest BCUT2D eigenvalue weighted by atomic mass is 19.1. The third-order valence-corrected chi connectivity index (χ3v) is 6.15. The Bertz CT molecular complexity index is 1280. The van der Waals surface area contributed by atoms with Crippen LogP contribution < -0.4 is 5.32 Å². The molecule has 1 aromatic carbocycles. The molecule has 0 aliphatic carbocycles. The fourth-order valence-corrected chi connectivity index (χ4v) is 4.26. The number of amides is 1. The van der Waals surface area contributed by atoms with Crippen LogP contribution in [0, 0.1) is 5.82 Å². The smallest absolute Gasteiger partial charge is 0.253 e. The Labute approximate surface area is 191 Å². The van der Waals surface area contributed by atoms with Gasteiger partial charge in [0.05, 0.1) is 17.8 Å². The molecule has 1 fully saturated rings. The fourth-order valence-electron chi connectivity index (χ4n) is 4.26. The normalized spacial score (nSPS) is 15.1. The van der Waals surface area contributed by atoms with Gasteiger partial charge in [-0.2, -0.15) is 0 Å². The predicted octanol–water partition coefficient (Wildman–Crippen LogP) is 3.56. The zero-order valence-electron chi connectivity index (χ0n) is 18.4. The van der Waals surface area contributed by atoms with E-state index in [9.17, 15) is 9.18 Å². The second kappa shape index (κ2) is 9.07. The SMILES string of the molecule is Cn1c(CN2CCC(NC(=O)c3ccc(-c4cccc(F)c4)nc3)CC2)nc2cccnc21. The molecule has 1 aliphatic heterocycles. The van der Waals surface area contributed by atoms with Gasteiger partial charge < -0.3 is 9.88 Å². The van der Waals surface area contributed by atoms with E-state index in [2.05, 4.69) is 20.2 Å². The standard InChI is InChI=1S/C25H25FN6O/c1-31-23(30-22-6-3-11-27-24(22)31)16-32-12-9-20(10-13-32)29-25(33)18-7-8-21(28-15-18)17-4-2-5-19(26)14-17/h2-8,11,14-15,20H,9-10,12-13,16H2,1H3,(H,29,33). The molecule has 1 aliphatic rings. The van der Waals surface area contributed by atoms with Crippen molar-refractivity contribution in [3.05, 3.63) is 78.1 Å². The number of nitrogens with one attached hydrogen (secondary N) is 1. The van der Waals surface area contributed by atoms with Gasteiger partial charge in [0.15, 0.2) is 5.65 Å². The molecule has 1 saturated heterocycles. The minimum absolute atomic E-state index is 0.124. The average Bonchev–Trinajstić information content (AvgIpc) is 3.15. The van der Waals surface area contributed by atoms with Crippen LogP contribution in [0.3, 0.4) is 0 Å². The number of benzene rings is 1. The van der Waals surface area contributed by atoms with Crippen molar-refractivity contribution >= 4 is 17.1 Å². The topological polar surface area (TPSA) is 75.9 Å². The minimum atomic E-state index is -0.310. The van der Waals surface area contributed by atoms with Gasteiger partial charge in [0.25, 0.3) is 5.91 Å². The highest BCUT2D eigenvalue weighted by Gasteiger charge is 2.23. The summed E-state index contributed by atoms with van der Waals surface area (Å²) in [6, 6.07) is 13.8. The van der Waals surface area contributed by atoms with E-state index >= 15 is 0 Å². The lowest BCUT2D eigenvalue weighted by Crippen LogP contribution is -2.44. The van der Waals surface area contributed by atoms with Gasteiger partial charge in [0, 0.05) is 44.1 Å². The Morgan fingerprint density at radius 1 is 1.12 bits per heavy atom. The molecule has 0 radical (unpaired) electrons. The molecule has 1 amide bonds. The molecule has 0 saturated carbocycles. The lowest BCUT2D eigenvalue weighted by molar-refractivity contribution is 0.0907. The molecule has 8 heteroatoms. The van der Waals surface area contributed by atoms with E-state index in [-0.39, 0.29) is 17.8 Å². The third-order valence-electron chi connectivity index (χ3n) is 6.15. The van der Waals surface area contributed by atoms with Crippen molar-refractivity contribution in [2.75, 3.05) is 13.1 Å². The van der Waals surface area contributed by atoms with Gasteiger partial charge in [-0.3, -0.25) is 14.7 Å². The van der Waals surface area contributed by atoms with Crippen molar-refractivity contribution in [3.8, 4) is 11.3 Å². The van der Waals surface area contributed by atoms with E-state index in [4.69, 9.17) is 4.98 Å². The number of carbonyl (C=O) groups is 1. The van der Waals surface area contributed by atoms with Crippen molar-refractivity contribution in [2.24, 2.45) is 7.05 Å². The van der Waals surface area contributed by atoms with E-state index in [1.165, 1.54) is 12.1 Å². The Balaban J connectivity index is 1.15. The van der Waals surface area contributed by atoms with Crippen LogP contribution in [0.2, 0.25) is 0 Å². The van der Waals surface area contributed by atoms with E-state index in [1.54, 1.807) is 36.7 Å². The molecule has 5 rings (SSSR count). The monoisotopic (exact) mass is 444 g/mol. The number of fused-ring (bicyclic) bond motifs is 1. The number of halogens is 1. The van der Waals surface area contributed by atoms with E-state index < -0.39 is 0 Å². The van der Waals surface area contributed by atoms with Crippen LogP contribution in [0.5, 0.6) is 0 Å². The van der Waals surface area contributed by atoms with Crippen molar-refractivity contribution in [1.82, 2.24) is 29.7 Å². The summed E-state index contributed by atoms with van der Waals surface area (Å²) in [5, 5.41) is 3.12. The highest BCUT2D eigenvalue weighted by Crippen LogP contribution is 2.19. The van der Waals surface area contributed by atoms with Crippen LogP contribution >= 0.6 is 0 Å². The lowest BCUT2D eigenvalue weighted by Gasteiger charge is -2.32. The van der Waals surface area contributed by atoms with E-state index in [0.29, 0.717) is 16.8 Å². The van der Waals surface area contributed by atoms with Crippen LogP contribution in [0.4, 0.5) is 4.39 Å². The van der Waals surface area contributed by atoms with Crippen molar-refractivity contribution in [2.45, 2.75) is 25.4 Å². The summed E-state index contributed by atoms with van der Waals surface area (Å²) >= 11 is 0. The molecular formula is C25H25FN6O. The maximum absolute atomic E-state index is 13.4. The van der Waals surface area contributed by atoms with Crippen LogP contribution in [0.25, 0.3) is 22.4 Å². The molecule has 3 aromatic heterocycles. The highest BCUT2D eigenvalue weighted by molar-refractivity contribution is 5.94. The number of hydrogen-bond donors (Lipinski definition) is 1. The van der Waals surface area contributed by atoms with Gasteiger partial charge in [0.2, 0.25) is 0 Å². The largest absolute Gasteiger partial charge is 0.349 e. The Morgan fingerprint density at radius 2 is 1.97 bits per heavy atom. The lowest BCUT2D eigenvalue weighted by atomic mass is 10.0. The number of carbonyl (C=O) groups excluding carboxylic acids is 1. The first-order valence-corrected chi connectivity index (χ1v) is 11.1. The molecule has 0 atom stereocenters.